The summed E-state index contributed by atoms with van der Waals surface area (Å²) in [5.74, 6) is 0.0970. The van der Waals surface area contributed by atoms with Gasteiger partial charge in [-0.05, 0) is 23.3 Å². The van der Waals surface area contributed by atoms with Crippen molar-refractivity contribution in [3.8, 4) is 5.75 Å². The fraction of sp³-hybridized carbons (Fsp3) is 0.333. The monoisotopic (exact) mass is 443 g/mol. The second-order valence-corrected chi connectivity index (χ2v) is 7.04. The molecular weight excluding hydrogens is 414 g/mol. The molecular formula is C24H29NO7. The van der Waals surface area contributed by atoms with E-state index in [1.165, 1.54) is 7.11 Å². The summed E-state index contributed by atoms with van der Waals surface area (Å²) in [5.41, 5.74) is 1.80. The third-order valence-corrected chi connectivity index (χ3v) is 4.64. The lowest BCUT2D eigenvalue weighted by Gasteiger charge is -2.24. The van der Waals surface area contributed by atoms with E-state index in [0.29, 0.717) is 0 Å². The fourth-order valence-electron chi connectivity index (χ4n) is 2.81. The average Bonchev–Trinajstić information content (AvgIpc) is 2.82. The number of alkyl carbamates (subject to hydrolysis) is 1. The van der Waals surface area contributed by atoms with Gasteiger partial charge in [0.15, 0.2) is 0 Å². The Morgan fingerprint density at radius 2 is 1.66 bits per heavy atom. The van der Waals surface area contributed by atoms with Crippen molar-refractivity contribution in [2.45, 2.75) is 31.8 Å². The Bertz CT molecular complexity index is 868. The van der Waals surface area contributed by atoms with Crippen molar-refractivity contribution in [1.29, 1.82) is 0 Å². The highest BCUT2D eigenvalue weighted by atomic mass is 16.5. The molecule has 2 aromatic carbocycles. The van der Waals surface area contributed by atoms with Gasteiger partial charge in [0, 0.05) is 12.0 Å². The highest BCUT2D eigenvalue weighted by molar-refractivity contribution is 5.87. The first kappa shape index (κ1) is 24.9. The summed E-state index contributed by atoms with van der Waals surface area (Å²) in [6.45, 7) is 3.94. The first-order chi connectivity index (χ1) is 15.4. The van der Waals surface area contributed by atoms with E-state index in [-0.39, 0.29) is 31.8 Å². The predicted molar refractivity (Wildman–Crippen MR) is 118 cm³/mol. The molecule has 0 aliphatic carbocycles. The van der Waals surface area contributed by atoms with Gasteiger partial charge in [-0.25, -0.2) is 9.59 Å². The van der Waals surface area contributed by atoms with Crippen LogP contribution < -0.4 is 10.1 Å². The molecule has 0 bridgehead atoms. The molecule has 32 heavy (non-hydrogen) atoms. The molecule has 0 saturated carbocycles. The van der Waals surface area contributed by atoms with Crippen molar-refractivity contribution in [2.75, 3.05) is 20.8 Å². The van der Waals surface area contributed by atoms with Crippen LogP contribution in [-0.4, -0.2) is 50.1 Å². The molecule has 0 aromatic heterocycles. The van der Waals surface area contributed by atoms with E-state index in [1.54, 1.807) is 7.11 Å². The van der Waals surface area contributed by atoms with Crippen molar-refractivity contribution < 1.29 is 33.6 Å². The number of aliphatic hydroxyl groups excluding tert-OH is 1. The minimum atomic E-state index is -1.14. The van der Waals surface area contributed by atoms with Crippen molar-refractivity contribution in [2.24, 2.45) is 0 Å². The number of hydrogen-bond acceptors (Lipinski definition) is 7. The molecule has 2 atom stereocenters. The van der Waals surface area contributed by atoms with Crippen molar-refractivity contribution >= 4 is 12.1 Å². The molecule has 2 aromatic rings. The van der Waals surface area contributed by atoms with Gasteiger partial charge >= 0.3 is 12.1 Å². The van der Waals surface area contributed by atoms with Crippen LogP contribution in [-0.2, 0) is 32.2 Å². The molecule has 0 fully saturated rings. The molecule has 0 radical (unpaired) electrons. The summed E-state index contributed by atoms with van der Waals surface area (Å²) in [7, 11) is 2.82. The number of ether oxygens (including phenoxy) is 4. The molecule has 2 N–H and O–H groups in total. The van der Waals surface area contributed by atoms with Gasteiger partial charge in [-0.15, -0.1) is 0 Å². The molecule has 0 aliphatic heterocycles. The second kappa shape index (κ2) is 13.1. The molecule has 8 nitrogen and oxygen atoms in total. The van der Waals surface area contributed by atoms with Crippen LogP contribution >= 0.6 is 0 Å². The fourth-order valence-corrected chi connectivity index (χ4v) is 2.81. The number of aliphatic hydroxyl groups is 1. The van der Waals surface area contributed by atoms with Crippen molar-refractivity contribution in [3.63, 3.8) is 0 Å². The predicted octanol–water partition coefficient (Wildman–Crippen LogP) is 2.99. The van der Waals surface area contributed by atoms with Crippen molar-refractivity contribution in [3.05, 3.63) is 77.9 Å². The second-order valence-electron chi connectivity index (χ2n) is 7.04. The Labute approximate surface area is 187 Å². The summed E-state index contributed by atoms with van der Waals surface area (Å²) in [4.78, 5) is 23.9. The summed E-state index contributed by atoms with van der Waals surface area (Å²) in [6.07, 6.45) is -1.95. The van der Waals surface area contributed by atoms with E-state index in [4.69, 9.17) is 14.2 Å². The van der Waals surface area contributed by atoms with E-state index >= 15 is 0 Å². The Morgan fingerprint density at radius 1 is 1.00 bits per heavy atom. The standard InChI is InChI=1S/C24H29NO7/c1-17(23(27)30-3)13-22(26)21(16-31-14-19-9-11-20(29-2)12-10-19)25-24(28)32-15-18-7-5-4-6-8-18/h4-12,21-22,26H,1,13-16H2,2-3H3,(H,25,28)/t21-,22-/m0/s1. The molecule has 1 amide bonds. The van der Waals surface area contributed by atoms with E-state index in [1.807, 2.05) is 54.6 Å². The summed E-state index contributed by atoms with van der Waals surface area (Å²) in [5, 5.41) is 13.2. The zero-order valence-electron chi connectivity index (χ0n) is 18.3. The molecule has 0 saturated heterocycles. The van der Waals surface area contributed by atoms with Crippen LogP contribution in [0.5, 0.6) is 5.75 Å². The number of carbonyl (C=O) groups is 2. The minimum absolute atomic E-state index is 0.0118. The van der Waals surface area contributed by atoms with Gasteiger partial charge in [0.2, 0.25) is 0 Å². The maximum atomic E-state index is 12.3. The number of hydrogen-bond donors (Lipinski definition) is 2. The highest BCUT2D eigenvalue weighted by Gasteiger charge is 2.25. The Morgan fingerprint density at radius 3 is 2.28 bits per heavy atom. The zero-order valence-corrected chi connectivity index (χ0v) is 18.3. The van der Waals surface area contributed by atoms with E-state index in [9.17, 15) is 14.7 Å². The maximum Gasteiger partial charge on any atom is 0.407 e. The third kappa shape index (κ3) is 8.41. The number of carbonyl (C=O) groups excluding carboxylic acids is 2. The third-order valence-electron chi connectivity index (χ3n) is 4.64. The first-order valence-corrected chi connectivity index (χ1v) is 10.0. The SMILES string of the molecule is C=C(C[C@H](O)[C@H](COCc1ccc(OC)cc1)NC(=O)OCc1ccccc1)C(=O)OC. The van der Waals surface area contributed by atoms with Gasteiger partial charge in [0.05, 0.1) is 39.6 Å². The van der Waals surface area contributed by atoms with E-state index < -0.39 is 24.2 Å². The van der Waals surface area contributed by atoms with Crippen LogP contribution in [0.2, 0.25) is 0 Å². The van der Waals surface area contributed by atoms with Gasteiger partial charge in [-0.2, -0.15) is 0 Å². The van der Waals surface area contributed by atoms with Gasteiger partial charge < -0.3 is 29.4 Å². The number of benzene rings is 2. The lowest BCUT2D eigenvalue weighted by molar-refractivity contribution is -0.136. The Kier molecular flexibility index (Phi) is 10.2. The molecule has 0 spiro atoms. The minimum Gasteiger partial charge on any atom is -0.497 e. The van der Waals surface area contributed by atoms with Crippen LogP contribution in [0, 0.1) is 0 Å². The van der Waals surface area contributed by atoms with Gasteiger partial charge in [-0.1, -0.05) is 49.0 Å². The van der Waals surface area contributed by atoms with Crippen LogP contribution in [0.1, 0.15) is 17.5 Å². The van der Waals surface area contributed by atoms with Crippen LogP contribution in [0.15, 0.2) is 66.7 Å². The molecule has 0 unspecified atom stereocenters. The summed E-state index contributed by atoms with van der Waals surface area (Å²) in [6, 6.07) is 15.7. The normalized spacial score (nSPS) is 12.3. The maximum absolute atomic E-state index is 12.3. The van der Waals surface area contributed by atoms with E-state index in [0.717, 1.165) is 16.9 Å². The first-order valence-electron chi connectivity index (χ1n) is 10.0. The molecule has 0 aliphatic rings. The number of esters is 1. The number of amides is 1. The topological polar surface area (TPSA) is 103 Å². The van der Waals surface area contributed by atoms with E-state index in [2.05, 4.69) is 16.6 Å². The molecule has 0 heterocycles. The summed E-state index contributed by atoms with van der Waals surface area (Å²) < 4.78 is 20.7. The Balaban J connectivity index is 1.94. The smallest absolute Gasteiger partial charge is 0.407 e. The number of methoxy groups -OCH3 is 2. The Hall–Kier alpha value is -3.36. The quantitative estimate of drug-likeness (QED) is 0.384. The summed E-state index contributed by atoms with van der Waals surface area (Å²) >= 11 is 0. The van der Waals surface area contributed by atoms with Gasteiger partial charge in [0.25, 0.3) is 0 Å². The van der Waals surface area contributed by atoms with Crippen LogP contribution in [0.25, 0.3) is 0 Å². The van der Waals surface area contributed by atoms with Crippen molar-refractivity contribution in [1.82, 2.24) is 5.32 Å². The molecule has 8 heteroatoms. The highest BCUT2D eigenvalue weighted by Crippen LogP contribution is 2.14. The van der Waals surface area contributed by atoms with Gasteiger partial charge in [0.1, 0.15) is 12.4 Å². The van der Waals surface area contributed by atoms with Crippen LogP contribution in [0.4, 0.5) is 4.79 Å². The molecule has 2 rings (SSSR count). The lowest BCUT2D eigenvalue weighted by atomic mass is 10.0. The molecule has 172 valence electrons. The average molecular weight is 443 g/mol. The zero-order chi connectivity index (χ0) is 23.3. The lowest BCUT2D eigenvalue weighted by Crippen LogP contribution is -2.47. The van der Waals surface area contributed by atoms with Crippen LogP contribution in [0.3, 0.4) is 0 Å². The van der Waals surface area contributed by atoms with Gasteiger partial charge in [-0.3, -0.25) is 0 Å². The number of rotatable bonds is 12. The largest absolute Gasteiger partial charge is 0.497 e. The number of nitrogens with one attached hydrogen (secondary N) is 1.